The van der Waals surface area contributed by atoms with Crippen LogP contribution in [0.25, 0.3) is 0 Å². The fourth-order valence-electron chi connectivity index (χ4n) is 3.43. The first kappa shape index (κ1) is 22.6. The Bertz CT molecular complexity index is 1120. The molecule has 1 heterocycles. The summed E-state index contributed by atoms with van der Waals surface area (Å²) in [7, 11) is -3.82. The summed E-state index contributed by atoms with van der Waals surface area (Å²) in [6.07, 6.45) is -3.76. The van der Waals surface area contributed by atoms with E-state index in [2.05, 4.69) is 5.32 Å². The Balaban J connectivity index is 1.63. The van der Waals surface area contributed by atoms with Gasteiger partial charge in [-0.25, -0.2) is 13.6 Å². The number of amides is 1. The molecule has 0 radical (unpaired) electrons. The highest BCUT2D eigenvalue weighted by molar-refractivity contribution is 7.89. The maximum absolute atomic E-state index is 13.2. The predicted molar refractivity (Wildman–Crippen MR) is 108 cm³/mol. The topological polar surface area (TPSA) is 116 Å². The van der Waals surface area contributed by atoms with Gasteiger partial charge in [-0.1, -0.05) is 0 Å². The lowest BCUT2D eigenvalue weighted by Crippen LogP contribution is -2.38. The molecule has 31 heavy (non-hydrogen) atoms. The van der Waals surface area contributed by atoms with Crippen LogP contribution in [0, 0.1) is 17.2 Å². The highest BCUT2D eigenvalue weighted by Gasteiger charge is 2.34. The van der Waals surface area contributed by atoms with Crippen molar-refractivity contribution in [2.45, 2.75) is 23.9 Å². The van der Waals surface area contributed by atoms with E-state index in [1.807, 2.05) is 0 Å². The minimum atomic E-state index is -4.63. The minimum absolute atomic E-state index is 0.0700. The van der Waals surface area contributed by atoms with Crippen molar-refractivity contribution < 1.29 is 26.4 Å². The monoisotopic (exact) mass is 452 g/mol. The molecule has 1 saturated heterocycles. The lowest BCUT2D eigenvalue weighted by atomic mass is 9.95. The third-order valence-corrected chi connectivity index (χ3v) is 6.04. The number of hydrogen-bond acceptors (Lipinski definition) is 5. The molecular weight excluding hydrogens is 433 g/mol. The van der Waals surface area contributed by atoms with Crippen LogP contribution in [0.3, 0.4) is 0 Å². The first-order valence-corrected chi connectivity index (χ1v) is 10.8. The van der Waals surface area contributed by atoms with Crippen molar-refractivity contribution in [2.75, 3.05) is 23.3 Å². The van der Waals surface area contributed by atoms with Crippen LogP contribution < -0.4 is 15.4 Å². The summed E-state index contributed by atoms with van der Waals surface area (Å²) in [5, 5.41) is 16.7. The first-order chi connectivity index (χ1) is 14.5. The van der Waals surface area contributed by atoms with Crippen molar-refractivity contribution in [1.29, 1.82) is 5.26 Å². The second-order valence-corrected chi connectivity index (χ2v) is 8.72. The number of anilines is 2. The fourth-order valence-corrected chi connectivity index (χ4v) is 3.95. The van der Waals surface area contributed by atoms with Gasteiger partial charge < -0.3 is 10.2 Å². The number of rotatable bonds is 4. The van der Waals surface area contributed by atoms with Gasteiger partial charge in [0.05, 0.1) is 22.1 Å². The first-order valence-electron chi connectivity index (χ1n) is 9.29. The van der Waals surface area contributed by atoms with Crippen LogP contribution in [0.15, 0.2) is 47.4 Å². The Kier molecular flexibility index (Phi) is 6.24. The molecule has 2 aromatic rings. The molecule has 2 aromatic carbocycles. The molecule has 0 spiro atoms. The zero-order valence-corrected chi connectivity index (χ0v) is 17.0. The lowest BCUT2D eigenvalue weighted by molar-refractivity contribution is -0.137. The lowest BCUT2D eigenvalue weighted by Gasteiger charge is -2.33. The standard InChI is InChI=1S/C20H19F3N4O3S/c21-20(22,23)18-11-16(4-1-14(18)12-24)27-9-7-13(8-10-27)19(28)26-15-2-5-17(6-3-15)31(25,29)30/h1-6,11,13H,7-10H2,(H,26,28)(H2,25,29,30). The van der Waals surface area contributed by atoms with E-state index in [4.69, 9.17) is 10.4 Å². The Morgan fingerprint density at radius 2 is 1.74 bits per heavy atom. The number of nitrogens with zero attached hydrogens (tertiary/aromatic N) is 2. The van der Waals surface area contributed by atoms with Crippen LogP contribution in [-0.2, 0) is 21.0 Å². The SMILES string of the molecule is N#Cc1ccc(N2CCC(C(=O)Nc3ccc(S(N)(=O)=O)cc3)CC2)cc1C(F)(F)F. The van der Waals surface area contributed by atoms with Crippen LogP contribution in [0.4, 0.5) is 24.5 Å². The molecule has 3 rings (SSSR count). The summed E-state index contributed by atoms with van der Waals surface area (Å²) in [5.74, 6) is -0.589. The van der Waals surface area contributed by atoms with Gasteiger partial charge in [-0.2, -0.15) is 18.4 Å². The normalized spacial score (nSPS) is 15.4. The molecule has 0 aromatic heterocycles. The van der Waals surface area contributed by atoms with Gasteiger partial charge in [0, 0.05) is 30.4 Å². The van der Waals surface area contributed by atoms with Gasteiger partial charge in [-0.15, -0.1) is 0 Å². The zero-order valence-electron chi connectivity index (χ0n) is 16.2. The average molecular weight is 452 g/mol. The van der Waals surface area contributed by atoms with E-state index >= 15 is 0 Å². The number of hydrogen-bond donors (Lipinski definition) is 2. The molecule has 0 atom stereocenters. The van der Waals surface area contributed by atoms with E-state index in [0.717, 1.165) is 12.1 Å². The number of primary sulfonamides is 1. The second-order valence-electron chi connectivity index (χ2n) is 7.16. The van der Waals surface area contributed by atoms with Gasteiger partial charge in [0.15, 0.2) is 0 Å². The molecule has 1 amide bonds. The van der Waals surface area contributed by atoms with Gasteiger partial charge in [-0.3, -0.25) is 4.79 Å². The second kappa shape index (κ2) is 8.56. The van der Waals surface area contributed by atoms with Crippen LogP contribution >= 0.6 is 0 Å². The van der Waals surface area contributed by atoms with Gasteiger partial charge >= 0.3 is 6.18 Å². The Morgan fingerprint density at radius 3 is 2.26 bits per heavy atom. The van der Waals surface area contributed by atoms with E-state index in [1.165, 1.54) is 30.3 Å². The van der Waals surface area contributed by atoms with Crippen LogP contribution in [0.5, 0.6) is 0 Å². The maximum Gasteiger partial charge on any atom is 0.417 e. The number of benzene rings is 2. The van der Waals surface area contributed by atoms with Gasteiger partial charge in [0.2, 0.25) is 15.9 Å². The number of nitrogens with one attached hydrogen (secondary N) is 1. The summed E-state index contributed by atoms with van der Waals surface area (Å²) in [6.45, 7) is 0.761. The predicted octanol–water partition coefficient (Wildman–Crippen LogP) is 3.08. The van der Waals surface area contributed by atoms with Crippen molar-refractivity contribution in [3.05, 3.63) is 53.6 Å². The van der Waals surface area contributed by atoms with Crippen molar-refractivity contribution in [1.82, 2.24) is 0 Å². The number of nitrogens with two attached hydrogens (primary N) is 1. The number of alkyl halides is 3. The molecule has 1 aliphatic heterocycles. The summed E-state index contributed by atoms with van der Waals surface area (Å²) >= 11 is 0. The van der Waals surface area contributed by atoms with E-state index in [0.29, 0.717) is 37.3 Å². The number of piperidine rings is 1. The Hall–Kier alpha value is -3.10. The van der Waals surface area contributed by atoms with Crippen LogP contribution in [-0.4, -0.2) is 27.4 Å². The number of nitriles is 1. The molecule has 164 valence electrons. The van der Waals surface area contributed by atoms with Gasteiger partial charge in [0.1, 0.15) is 0 Å². The van der Waals surface area contributed by atoms with Crippen molar-refractivity contribution >= 4 is 27.3 Å². The molecule has 1 aliphatic rings. The Labute approximate surface area is 177 Å². The largest absolute Gasteiger partial charge is 0.417 e. The zero-order chi connectivity index (χ0) is 22.8. The quantitative estimate of drug-likeness (QED) is 0.740. The fraction of sp³-hybridized carbons (Fsp3) is 0.300. The molecule has 1 fully saturated rings. The Morgan fingerprint density at radius 1 is 1.13 bits per heavy atom. The van der Waals surface area contributed by atoms with E-state index in [9.17, 15) is 26.4 Å². The summed E-state index contributed by atoms with van der Waals surface area (Å²) < 4.78 is 62.1. The van der Waals surface area contributed by atoms with Crippen LogP contribution in [0.1, 0.15) is 24.0 Å². The van der Waals surface area contributed by atoms with Gasteiger partial charge in [-0.05, 0) is 55.3 Å². The average Bonchev–Trinajstić information content (AvgIpc) is 2.72. The molecule has 0 bridgehead atoms. The van der Waals surface area contributed by atoms with Crippen molar-refractivity contribution in [3.8, 4) is 6.07 Å². The van der Waals surface area contributed by atoms with E-state index in [-0.39, 0.29) is 16.7 Å². The van der Waals surface area contributed by atoms with E-state index in [1.54, 1.807) is 11.0 Å². The summed E-state index contributed by atoms with van der Waals surface area (Å²) in [4.78, 5) is 14.2. The molecule has 7 nitrogen and oxygen atoms in total. The highest BCUT2D eigenvalue weighted by atomic mass is 32.2. The van der Waals surface area contributed by atoms with Gasteiger partial charge in [0.25, 0.3) is 0 Å². The molecule has 0 saturated carbocycles. The minimum Gasteiger partial charge on any atom is -0.371 e. The molecule has 0 aliphatic carbocycles. The number of sulfonamides is 1. The number of carbonyl (C=O) groups excluding carboxylic acids is 1. The summed E-state index contributed by atoms with van der Waals surface area (Å²) in [6, 6.07) is 10.6. The molecular formula is C20H19F3N4O3S. The van der Waals surface area contributed by atoms with Crippen molar-refractivity contribution in [3.63, 3.8) is 0 Å². The number of carbonyl (C=O) groups is 1. The summed E-state index contributed by atoms with van der Waals surface area (Å²) in [5.41, 5.74) is -0.639. The van der Waals surface area contributed by atoms with E-state index < -0.39 is 27.3 Å². The molecule has 0 unspecified atom stereocenters. The molecule has 3 N–H and O–H groups in total. The van der Waals surface area contributed by atoms with Crippen LogP contribution in [0.2, 0.25) is 0 Å². The maximum atomic E-state index is 13.2. The highest BCUT2D eigenvalue weighted by Crippen LogP contribution is 2.35. The number of halogens is 3. The smallest absolute Gasteiger partial charge is 0.371 e. The third kappa shape index (κ3) is 5.34. The molecule has 11 heteroatoms. The van der Waals surface area contributed by atoms with Crippen molar-refractivity contribution in [2.24, 2.45) is 11.1 Å². The third-order valence-electron chi connectivity index (χ3n) is 5.11.